The molecule has 4 nitrogen and oxygen atoms in total. The Morgan fingerprint density at radius 3 is 2.65 bits per heavy atom. The summed E-state index contributed by atoms with van der Waals surface area (Å²) < 4.78 is 35.2. The van der Waals surface area contributed by atoms with Gasteiger partial charge in [-0.3, -0.25) is 0 Å². The number of hydrogen-bond acceptors (Lipinski definition) is 4. The monoisotopic (exact) mass is 245 g/mol. The molecule has 0 spiro atoms. The van der Waals surface area contributed by atoms with Gasteiger partial charge in [-0.15, -0.1) is 0 Å². The van der Waals surface area contributed by atoms with Crippen LogP contribution in [0.2, 0.25) is 0 Å². The summed E-state index contributed by atoms with van der Waals surface area (Å²) in [5.41, 5.74) is -0.355. The van der Waals surface area contributed by atoms with Gasteiger partial charge in [0.1, 0.15) is 5.75 Å². The smallest absolute Gasteiger partial charge is 0.357 e. The first kappa shape index (κ1) is 13.3. The number of aromatic nitrogens is 1. The molecule has 0 amide bonds. The van der Waals surface area contributed by atoms with Crippen LogP contribution in [-0.4, -0.2) is 24.7 Å². The molecule has 0 fully saturated rings. The first-order valence-corrected chi connectivity index (χ1v) is 5.01. The van der Waals surface area contributed by atoms with Crippen molar-refractivity contribution in [1.29, 1.82) is 0 Å². The number of pyridine rings is 1. The van der Waals surface area contributed by atoms with Crippen LogP contribution in [0.4, 0.5) is 8.78 Å². The molecule has 0 atom stereocenters. The first-order valence-electron chi connectivity index (χ1n) is 5.01. The molecule has 0 unspecified atom stereocenters. The molecule has 6 heteroatoms. The number of alkyl halides is 2. The summed E-state index contributed by atoms with van der Waals surface area (Å²) in [6, 6.07) is 0. The number of halogens is 2. The molecule has 0 bridgehead atoms. The molecule has 1 rings (SSSR count). The molecule has 17 heavy (non-hydrogen) atoms. The average Bonchev–Trinajstić information content (AvgIpc) is 2.27. The zero-order valence-electron chi connectivity index (χ0n) is 9.79. The summed E-state index contributed by atoms with van der Waals surface area (Å²) in [5.74, 6) is -0.750. The second kappa shape index (κ2) is 5.56. The molecule has 1 heterocycles. The third-order valence-corrected chi connectivity index (χ3v) is 2.24. The second-order valence-corrected chi connectivity index (χ2v) is 3.24. The van der Waals surface area contributed by atoms with E-state index in [4.69, 9.17) is 9.47 Å². The highest BCUT2D eigenvalue weighted by Crippen LogP contribution is 2.32. The summed E-state index contributed by atoms with van der Waals surface area (Å²) in [6.07, 6.45) is -1.64. The molecule has 0 radical (unpaired) electrons. The predicted molar refractivity (Wildman–Crippen MR) is 56.4 cm³/mol. The lowest BCUT2D eigenvalue weighted by Crippen LogP contribution is -2.12. The molecule has 0 N–H and O–H groups in total. The van der Waals surface area contributed by atoms with E-state index in [2.05, 4.69) is 4.98 Å². The number of esters is 1. The Labute approximate surface area is 97.6 Å². The Hall–Kier alpha value is -1.72. The molecule has 94 valence electrons. The maximum atomic E-state index is 12.8. The standard InChI is InChI=1S/C11H13F2NO3/c1-4-17-11(15)9-6(2)8(10(12)13)7(16-3)5-14-9/h5,10H,4H2,1-3H3. The van der Waals surface area contributed by atoms with Crippen molar-refractivity contribution in [3.05, 3.63) is 23.0 Å². The molecule has 0 aromatic carbocycles. The van der Waals surface area contributed by atoms with Gasteiger partial charge in [0.25, 0.3) is 6.43 Å². The second-order valence-electron chi connectivity index (χ2n) is 3.24. The number of rotatable bonds is 4. The van der Waals surface area contributed by atoms with E-state index in [1.807, 2.05) is 0 Å². The van der Waals surface area contributed by atoms with Crippen molar-refractivity contribution in [3.63, 3.8) is 0 Å². The van der Waals surface area contributed by atoms with Crippen molar-refractivity contribution in [2.45, 2.75) is 20.3 Å². The van der Waals surface area contributed by atoms with Gasteiger partial charge in [-0.05, 0) is 19.4 Å². The van der Waals surface area contributed by atoms with E-state index in [0.717, 1.165) is 6.20 Å². The number of carbonyl (C=O) groups is 1. The van der Waals surface area contributed by atoms with Gasteiger partial charge >= 0.3 is 5.97 Å². The van der Waals surface area contributed by atoms with Gasteiger partial charge in [0.15, 0.2) is 5.69 Å². The Kier molecular flexibility index (Phi) is 4.37. The lowest BCUT2D eigenvalue weighted by atomic mass is 10.1. The molecule has 1 aromatic heterocycles. The fraction of sp³-hybridized carbons (Fsp3) is 0.455. The van der Waals surface area contributed by atoms with Gasteiger partial charge in [0.05, 0.1) is 25.5 Å². The molecule has 1 aromatic rings. The third kappa shape index (κ3) is 2.69. The van der Waals surface area contributed by atoms with Gasteiger partial charge in [0, 0.05) is 0 Å². The van der Waals surface area contributed by atoms with Crippen LogP contribution in [0.25, 0.3) is 0 Å². The zero-order valence-corrected chi connectivity index (χ0v) is 9.79. The van der Waals surface area contributed by atoms with Gasteiger partial charge in [-0.1, -0.05) is 0 Å². The van der Waals surface area contributed by atoms with E-state index < -0.39 is 12.4 Å². The van der Waals surface area contributed by atoms with E-state index >= 15 is 0 Å². The summed E-state index contributed by atoms with van der Waals surface area (Å²) >= 11 is 0. The molecular formula is C11H13F2NO3. The summed E-state index contributed by atoms with van der Waals surface area (Å²) in [5, 5.41) is 0. The van der Waals surface area contributed by atoms with Crippen molar-refractivity contribution < 1.29 is 23.0 Å². The van der Waals surface area contributed by atoms with Gasteiger partial charge in [-0.2, -0.15) is 0 Å². The highest BCUT2D eigenvalue weighted by molar-refractivity contribution is 5.89. The van der Waals surface area contributed by atoms with Crippen LogP contribution >= 0.6 is 0 Å². The lowest BCUT2D eigenvalue weighted by molar-refractivity contribution is 0.0517. The van der Waals surface area contributed by atoms with Crippen molar-refractivity contribution >= 4 is 5.97 Å². The molecule has 0 aliphatic heterocycles. The minimum absolute atomic E-state index is 0.0365. The fourth-order valence-electron chi connectivity index (χ4n) is 1.44. The number of ether oxygens (including phenoxy) is 2. The van der Waals surface area contributed by atoms with Crippen LogP contribution in [0.3, 0.4) is 0 Å². The SMILES string of the molecule is CCOC(=O)c1ncc(OC)c(C(F)F)c1C. The van der Waals surface area contributed by atoms with Crippen molar-refractivity contribution in [1.82, 2.24) is 4.98 Å². The van der Waals surface area contributed by atoms with Crippen LogP contribution in [0.1, 0.15) is 35.0 Å². The lowest BCUT2D eigenvalue weighted by Gasteiger charge is -2.13. The molecular weight excluding hydrogens is 232 g/mol. The average molecular weight is 245 g/mol. The van der Waals surface area contributed by atoms with Crippen LogP contribution in [-0.2, 0) is 4.74 Å². The largest absolute Gasteiger partial charge is 0.495 e. The maximum absolute atomic E-state index is 12.8. The quantitative estimate of drug-likeness (QED) is 0.765. The highest BCUT2D eigenvalue weighted by Gasteiger charge is 2.23. The third-order valence-electron chi connectivity index (χ3n) is 2.24. The normalized spacial score (nSPS) is 10.5. The Morgan fingerprint density at radius 2 is 2.18 bits per heavy atom. The van der Waals surface area contributed by atoms with E-state index in [0.29, 0.717) is 0 Å². The first-order chi connectivity index (χ1) is 8.02. The van der Waals surface area contributed by atoms with Crippen LogP contribution in [0.5, 0.6) is 5.75 Å². The van der Waals surface area contributed by atoms with Crippen molar-refractivity contribution in [2.75, 3.05) is 13.7 Å². The Balaban J connectivity index is 3.27. The predicted octanol–water partition coefficient (Wildman–Crippen LogP) is 2.51. The number of carbonyl (C=O) groups excluding carboxylic acids is 1. The van der Waals surface area contributed by atoms with Crippen LogP contribution in [0, 0.1) is 6.92 Å². The molecule has 0 aliphatic carbocycles. The Bertz CT molecular complexity index is 421. The summed E-state index contributed by atoms with van der Waals surface area (Å²) in [6.45, 7) is 3.18. The van der Waals surface area contributed by atoms with Crippen molar-refractivity contribution in [2.24, 2.45) is 0 Å². The topological polar surface area (TPSA) is 48.4 Å². The van der Waals surface area contributed by atoms with E-state index in [9.17, 15) is 13.6 Å². The number of nitrogens with zero attached hydrogens (tertiary/aromatic N) is 1. The van der Waals surface area contributed by atoms with Gasteiger partial charge in [0.2, 0.25) is 0 Å². The summed E-state index contributed by atoms with van der Waals surface area (Å²) in [4.78, 5) is 15.2. The van der Waals surface area contributed by atoms with Gasteiger partial charge < -0.3 is 9.47 Å². The van der Waals surface area contributed by atoms with Gasteiger partial charge in [-0.25, -0.2) is 18.6 Å². The molecule has 0 aliphatic rings. The zero-order chi connectivity index (χ0) is 13.0. The molecule has 0 saturated heterocycles. The van der Waals surface area contributed by atoms with E-state index in [-0.39, 0.29) is 29.2 Å². The van der Waals surface area contributed by atoms with E-state index in [1.54, 1.807) is 6.92 Å². The Morgan fingerprint density at radius 1 is 1.53 bits per heavy atom. The van der Waals surface area contributed by atoms with Crippen LogP contribution < -0.4 is 4.74 Å². The summed E-state index contributed by atoms with van der Waals surface area (Å²) in [7, 11) is 1.27. The fourth-order valence-corrected chi connectivity index (χ4v) is 1.44. The number of methoxy groups -OCH3 is 1. The van der Waals surface area contributed by atoms with Crippen LogP contribution in [0.15, 0.2) is 6.20 Å². The molecule has 0 saturated carbocycles. The minimum atomic E-state index is -2.74. The highest BCUT2D eigenvalue weighted by atomic mass is 19.3. The number of hydrogen-bond donors (Lipinski definition) is 0. The minimum Gasteiger partial charge on any atom is -0.495 e. The van der Waals surface area contributed by atoms with Crippen molar-refractivity contribution in [3.8, 4) is 5.75 Å². The maximum Gasteiger partial charge on any atom is 0.357 e. The van der Waals surface area contributed by atoms with E-state index in [1.165, 1.54) is 14.0 Å².